The van der Waals surface area contributed by atoms with Gasteiger partial charge in [-0.1, -0.05) is 26.8 Å². The molecule has 0 N–H and O–H groups in total. The second-order valence-corrected chi connectivity index (χ2v) is 10.2. The number of hydrogen-bond donors (Lipinski definition) is 0. The van der Waals surface area contributed by atoms with Crippen LogP contribution in [0.5, 0.6) is 0 Å². The largest absolute Gasteiger partial charge is 0.462 e. The van der Waals surface area contributed by atoms with Crippen molar-refractivity contribution in [2.45, 2.75) is 85.2 Å². The first-order valence-electron chi connectivity index (χ1n) is 11.1. The van der Waals surface area contributed by atoms with Crippen molar-refractivity contribution >= 4 is 17.5 Å². The lowest BCUT2D eigenvalue weighted by Gasteiger charge is -2.59. The molecule has 4 aliphatic rings. The van der Waals surface area contributed by atoms with Crippen molar-refractivity contribution < 1.29 is 19.1 Å². The Morgan fingerprint density at radius 1 is 1.21 bits per heavy atom. The number of rotatable bonds is 3. The Labute approximate surface area is 168 Å². The fourth-order valence-corrected chi connectivity index (χ4v) is 7.53. The molecule has 0 aliphatic heterocycles. The molecule has 0 aromatic carbocycles. The van der Waals surface area contributed by atoms with Crippen LogP contribution in [-0.4, -0.2) is 23.6 Å². The molecular formula is C24H34O4. The normalized spacial score (nSPS) is 44.8. The number of fused-ring (bicyclic) bond motifs is 5. The standard InChI is InChI=1S/C24H34O4/c1-5-21(27)28-16-10-11-23(3)15(12-16)6-7-17-19-9-8-18(14(2)25)24(19,4)13-20(26)22(17)23/h8,15-17,19,22H,5-7,9-13H2,1-4H3/t15-,16-,17+,19+,22-,23+,24-/m1/s1. The predicted molar refractivity (Wildman–Crippen MR) is 106 cm³/mol. The molecule has 3 fully saturated rings. The van der Waals surface area contributed by atoms with Crippen LogP contribution in [0.4, 0.5) is 0 Å². The molecule has 0 aromatic rings. The van der Waals surface area contributed by atoms with Crippen molar-refractivity contribution in [3.63, 3.8) is 0 Å². The Balaban J connectivity index is 1.57. The van der Waals surface area contributed by atoms with E-state index in [-0.39, 0.29) is 34.6 Å². The van der Waals surface area contributed by atoms with E-state index in [1.54, 1.807) is 6.92 Å². The maximum Gasteiger partial charge on any atom is 0.305 e. The van der Waals surface area contributed by atoms with Gasteiger partial charge in [0.2, 0.25) is 0 Å². The van der Waals surface area contributed by atoms with Gasteiger partial charge in [0.25, 0.3) is 0 Å². The Hall–Kier alpha value is -1.45. The molecular weight excluding hydrogens is 352 g/mol. The van der Waals surface area contributed by atoms with Crippen molar-refractivity contribution in [3.05, 3.63) is 11.6 Å². The van der Waals surface area contributed by atoms with Crippen LogP contribution in [0, 0.1) is 34.5 Å². The lowest BCUT2D eigenvalue weighted by Crippen LogP contribution is -2.57. The summed E-state index contributed by atoms with van der Waals surface area (Å²) in [5, 5.41) is 0. The quantitative estimate of drug-likeness (QED) is 0.662. The lowest BCUT2D eigenvalue weighted by molar-refractivity contribution is -0.167. The summed E-state index contributed by atoms with van der Waals surface area (Å²) in [6.45, 7) is 7.96. The van der Waals surface area contributed by atoms with Crippen molar-refractivity contribution in [2.75, 3.05) is 0 Å². The average Bonchev–Trinajstić information content (AvgIpc) is 2.98. The summed E-state index contributed by atoms with van der Waals surface area (Å²) >= 11 is 0. The monoisotopic (exact) mass is 386 g/mol. The Morgan fingerprint density at radius 3 is 2.64 bits per heavy atom. The fraction of sp³-hybridized carbons (Fsp3) is 0.792. The van der Waals surface area contributed by atoms with Crippen LogP contribution in [0.3, 0.4) is 0 Å². The number of carbonyl (C=O) groups excluding carboxylic acids is 3. The van der Waals surface area contributed by atoms with Gasteiger partial charge in [-0.3, -0.25) is 14.4 Å². The second kappa shape index (κ2) is 6.81. The molecule has 0 saturated heterocycles. The predicted octanol–water partition coefficient (Wildman–Crippen LogP) is 4.66. The summed E-state index contributed by atoms with van der Waals surface area (Å²) in [4.78, 5) is 37.4. The molecule has 154 valence electrons. The number of Topliss-reactive ketones (excluding diaryl/α,β-unsaturated/α-hetero) is 2. The van der Waals surface area contributed by atoms with Crippen LogP contribution in [0.25, 0.3) is 0 Å². The maximum absolute atomic E-state index is 13.5. The van der Waals surface area contributed by atoms with E-state index in [1.165, 1.54) is 0 Å². The summed E-state index contributed by atoms with van der Waals surface area (Å²) in [6, 6.07) is 0. The first-order valence-corrected chi connectivity index (χ1v) is 11.1. The van der Waals surface area contributed by atoms with Gasteiger partial charge >= 0.3 is 5.97 Å². The minimum Gasteiger partial charge on any atom is -0.462 e. The minimum absolute atomic E-state index is 0.00935. The van der Waals surface area contributed by atoms with Crippen molar-refractivity contribution in [2.24, 2.45) is 34.5 Å². The second-order valence-electron chi connectivity index (χ2n) is 10.2. The number of hydrogen-bond acceptors (Lipinski definition) is 4. The van der Waals surface area contributed by atoms with Gasteiger partial charge in [-0.05, 0) is 74.2 Å². The van der Waals surface area contributed by atoms with E-state index in [4.69, 9.17) is 4.74 Å². The summed E-state index contributed by atoms with van der Waals surface area (Å²) < 4.78 is 5.65. The van der Waals surface area contributed by atoms with Gasteiger partial charge in [-0.15, -0.1) is 0 Å². The highest BCUT2D eigenvalue weighted by molar-refractivity contribution is 5.97. The van der Waals surface area contributed by atoms with E-state index in [0.717, 1.165) is 44.1 Å². The van der Waals surface area contributed by atoms with Crippen LogP contribution >= 0.6 is 0 Å². The van der Waals surface area contributed by atoms with Gasteiger partial charge in [-0.2, -0.15) is 0 Å². The molecule has 0 heterocycles. The van der Waals surface area contributed by atoms with E-state index >= 15 is 0 Å². The smallest absolute Gasteiger partial charge is 0.305 e. The molecule has 0 amide bonds. The number of ketones is 2. The molecule has 3 saturated carbocycles. The molecule has 0 unspecified atom stereocenters. The molecule has 7 atom stereocenters. The van der Waals surface area contributed by atoms with Crippen LogP contribution < -0.4 is 0 Å². The zero-order valence-corrected chi connectivity index (χ0v) is 17.8. The molecule has 0 aromatic heterocycles. The van der Waals surface area contributed by atoms with Crippen molar-refractivity contribution in [3.8, 4) is 0 Å². The first-order chi connectivity index (χ1) is 13.2. The van der Waals surface area contributed by atoms with E-state index in [2.05, 4.69) is 19.9 Å². The van der Waals surface area contributed by atoms with Gasteiger partial charge < -0.3 is 4.74 Å². The summed E-state index contributed by atoms with van der Waals surface area (Å²) in [7, 11) is 0. The fourth-order valence-electron chi connectivity index (χ4n) is 7.53. The van der Waals surface area contributed by atoms with E-state index in [1.807, 2.05) is 6.92 Å². The summed E-state index contributed by atoms with van der Waals surface area (Å²) in [6.07, 6.45) is 8.92. The topological polar surface area (TPSA) is 60.4 Å². The third-order valence-electron chi connectivity index (χ3n) is 8.85. The van der Waals surface area contributed by atoms with Gasteiger partial charge in [-0.25, -0.2) is 0 Å². The van der Waals surface area contributed by atoms with Gasteiger partial charge in [0, 0.05) is 24.2 Å². The maximum atomic E-state index is 13.5. The first kappa shape index (κ1) is 19.8. The highest BCUT2D eigenvalue weighted by Crippen LogP contribution is 2.65. The molecule has 0 radical (unpaired) electrons. The average molecular weight is 387 g/mol. The minimum atomic E-state index is -0.263. The molecule has 4 rings (SSSR count). The van der Waals surface area contributed by atoms with Gasteiger partial charge in [0.05, 0.1) is 0 Å². The Kier molecular flexibility index (Phi) is 4.83. The summed E-state index contributed by atoms with van der Waals surface area (Å²) in [5.41, 5.74) is 0.642. The highest BCUT2D eigenvalue weighted by Gasteiger charge is 2.62. The van der Waals surface area contributed by atoms with Crippen molar-refractivity contribution in [1.29, 1.82) is 0 Å². The highest BCUT2D eigenvalue weighted by atomic mass is 16.5. The SMILES string of the molecule is CCC(=O)O[C@@H]1CC[C@@]2(C)[C@H](CC[C@@H]3[C@@H]2C(=O)C[C@]2(C)C(C(C)=O)=CC[C@@H]32)C1. The van der Waals surface area contributed by atoms with Crippen LogP contribution in [-0.2, 0) is 19.1 Å². The zero-order chi connectivity index (χ0) is 20.3. The molecule has 0 bridgehead atoms. The number of allylic oxidation sites excluding steroid dienone is 2. The van der Waals surface area contributed by atoms with Crippen molar-refractivity contribution in [1.82, 2.24) is 0 Å². The molecule has 0 spiro atoms. The molecule has 4 aliphatic carbocycles. The van der Waals surface area contributed by atoms with E-state index in [9.17, 15) is 14.4 Å². The third-order valence-corrected chi connectivity index (χ3v) is 8.85. The zero-order valence-electron chi connectivity index (χ0n) is 17.8. The van der Waals surface area contributed by atoms with Crippen LogP contribution in [0.15, 0.2) is 11.6 Å². The molecule has 4 heteroatoms. The van der Waals surface area contributed by atoms with Gasteiger partial charge in [0.1, 0.15) is 11.9 Å². The number of ether oxygens (including phenoxy) is 1. The number of esters is 1. The molecule has 28 heavy (non-hydrogen) atoms. The van der Waals surface area contributed by atoms with Crippen LogP contribution in [0.2, 0.25) is 0 Å². The van der Waals surface area contributed by atoms with Crippen LogP contribution in [0.1, 0.15) is 79.1 Å². The van der Waals surface area contributed by atoms with Gasteiger partial charge in [0.15, 0.2) is 5.78 Å². The van der Waals surface area contributed by atoms with E-state index < -0.39 is 0 Å². The van der Waals surface area contributed by atoms with E-state index in [0.29, 0.717) is 36.4 Å². The number of carbonyl (C=O) groups is 3. The summed E-state index contributed by atoms with van der Waals surface area (Å²) in [5.74, 6) is 1.75. The lowest BCUT2D eigenvalue weighted by atomic mass is 9.44. The third kappa shape index (κ3) is 2.81. The Bertz CT molecular complexity index is 737. The molecule has 4 nitrogen and oxygen atoms in total. The Morgan fingerprint density at radius 2 is 1.96 bits per heavy atom.